The molecule has 0 aliphatic carbocycles. The van der Waals surface area contributed by atoms with Gasteiger partial charge in [0.15, 0.2) is 17.4 Å². The van der Waals surface area contributed by atoms with Crippen molar-refractivity contribution in [2.75, 3.05) is 18.1 Å². The number of benzene rings is 1. The summed E-state index contributed by atoms with van der Waals surface area (Å²) >= 11 is 0. The Kier molecular flexibility index (Phi) is 2.59. The van der Waals surface area contributed by atoms with Crippen molar-refractivity contribution in [2.45, 2.75) is 13.0 Å². The number of nitrogens with zero attached hydrogens (tertiary/aromatic N) is 4. The number of tetrazole rings is 1. The van der Waals surface area contributed by atoms with Gasteiger partial charge in [-0.25, -0.2) is 9.49 Å². The van der Waals surface area contributed by atoms with Gasteiger partial charge in [-0.05, 0) is 17.4 Å². The standard InChI is InChI=1S/C13H12FN7O2/c1-4-3-23-12-9(16)7(14)8(15)6-10(12)21(4)2-5(11(6)22)13-17-19-20-18-13/h2,4H,3,15-16H2,1H3,(H,17,18,19,20)/t4-/m0/s1. The van der Waals surface area contributed by atoms with E-state index in [0.717, 1.165) is 0 Å². The van der Waals surface area contributed by atoms with Gasteiger partial charge in [0.1, 0.15) is 12.3 Å². The van der Waals surface area contributed by atoms with Crippen molar-refractivity contribution in [3.05, 3.63) is 22.2 Å². The summed E-state index contributed by atoms with van der Waals surface area (Å²) in [6.45, 7) is 2.18. The lowest BCUT2D eigenvalue weighted by atomic mass is 10.0. The third-order valence-electron chi connectivity index (χ3n) is 3.98. The van der Waals surface area contributed by atoms with Crippen molar-refractivity contribution < 1.29 is 9.13 Å². The molecule has 1 atom stereocenters. The molecule has 0 fully saturated rings. The van der Waals surface area contributed by atoms with Crippen LogP contribution in [0.1, 0.15) is 13.0 Å². The number of hydrogen-bond acceptors (Lipinski definition) is 7. The van der Waals surface area contributed by atoms with Gasteiger partial charge in [-0.3, -0.25) is 4.79 Å². The molecule has 1 aromatic carbocycles. The number of nitrogens with one attached hydrogen (secondary N) is 1. The summed E-state index contributed by atoms with van der Waals surface area (Å²) in [4.78, 5) is 12.8. The number of halogens is 1. The molecule has 1 aliphatic heterocycles. The lowest BCUT2D eigenvalue weighted by molar-refractivity contribution is 0.248. The Bertz CT molecular complexity index is 996. The fourth-order valence-electron chi connectivity index (χ4n) is 2.82. The molecule has 3 heterocycles. The molecule has 0 unspecified atom stereocenters. The minimum atomic E-state index is -0.862. The number of anilines is 2. The summed E-state index contributed by atoms with van der Waals surface area (Å²) in [7, 11) is 0. The first-order chi connectivity index (χ1) is 11.0. The number of H-pyrrole nitrogens is 1. The van der Waals surface area contributed by atoms with E-state index in [1.54, 1.807) is 10.8 Å². The number of aromatic nitrogens is 5. The van der Waals surface area contributed by atoms with Gasteiger partial charge in [0, 0.05) is 6.20 Å². The van der Waals surface area contributed by atoms with Crippen LogP contribution in [0.5, 0.6) is 5.75 Å². The maximum atomic E-state index is 14.3. The van der Waals surface area contributed by atoms with Crippen LogP contribution in [0.15, 0.2) is 11.0 Å². The molecular formula is C13H12FN7O2. The second-order valence-corrected chi connectivity index (χ2v) is 5.38. The van der Waals surface area contributed by atoms with E-state index < -0.39 is 11.2 Å². The van der Waals surface area contributed by atoms with Crippen molar-refractivity contribution in [3.63, 3.8) is 0 Å². The smallest absolute Gasteiger partial charge is 0.202 e. The minimum Gasteiger partial charge on any atom is -0.487 e. The van der Waals surface area contributed by atoms with Crippen LogP contribution in [0.2, 0.25) is 0 Å². The molecule has 23 heavy (non-hydrogen) atoms. The highest BCUT2D eigenvalue weighted by Crippen LogP contribution is 2.41. The zero-order chi connectivity index (χ0) is 16.3. The Morgan fingerprint density at radius 1 is 1.43 bits per heavy atom. The summed E-state index contributed by atoms with van der Waals surface area (Å²) in [6.07, 6.45) is 1.60. The highest BCUT2D eigenvalue weighted by molar-refractivity contribution is 6.01. The van der Waals surface area contributed by atoms with E-state index >= 15 is 0 Å². The van der Waals surface area contributed by atoms with Crippen LogP contribution in [-0.4, -0.2) is 31.8 Å². The first-order valence-electron chi connectivity index (χ1n) is 6.82. The predicted molar refractivity (Wildman–Crippen MR) is 80.4 cm³/mol. The van der Waals surface area contributed by atoms with Crippen molar-refractivity contribution in [2.24, 2.45) is 0 Å². The first-order valence-corrected chi connectivity index (χ1v) is 6.82. The number of ether oxygens (including phenoxy) is 1. The molecule has 118 valence electrons. The molecule has 4 rings (SSSR count). The Morgan fingerprint density at radius 2 is 2.22 bits per heavy atom. The lowest BCUT2D eigenvalue weighted by Gasteiger charge is -2.28. The molecule has 0 saturated heterocycles. The van der Waals surface area contributed by atoms with E-state index in [1.807, 2.05) is 6.92 Å². The van der Waals surface area contributed by atoms with Gasteiger partial charge in [0.2, 0.25) is 5.43 Å². The summed E-state index contributed by atoms with van der Waals surface area (Å²) in [5.41, 5.74) is 11.1. The average Bonchev–Trinajstić information content (AvgIpc) is 3.06. The number of nitrogen functional groups attached to an aromatic ring is 2. The molecule has 0 amide bonds. The zero-order valence-electron chi connectivity index (χ0n) is 12.0. The van der Waals surface area contributed by atoms with Gasteiger partial charge in [-0.15, -0.1) is 5.10 Å². The molecule has 1 aliphatic rings. The maximum absolute atomic E-state index is 14.3. The predicted octanol–water partition coefficient (Wildman–Crippen LogP) is 0.438. The molecular weight excluding hydrogens is 305 g/mol. The monoisotopic (exact) mass is 317 g/mol. The van der Waals surface area contributed by atoms with Crippen LogP contribution >= 0.6 is 0 Å². The van der Waals surface area contributed by atoms with Gasteiger partial charge < -0.3 is 20.8 Å². The summed E-state index contributed by atoms with van der Waals surface area (Å²) in [6, 6.07) is -0.107. The fourth-order valence-corrected chi connectivity index (χ4v) is 2.82. The Hall–Kier alpha value is -3.17. The van der Waals surface area contributed by atoms with Crippen LogP contribution in [0.25, 0.3) is 22.3 Å². The van der Waals surface area contributed by atoms with Gasteiger partial charge in [0.25, 0.3) is 0 Å². The van der Waals surface area contributed by atoms with Gasteiger partial charge in [-0.1, -0.05) is 0 Å². The Morgan fingerprint density at radius 3 is 2.91 bits per heavy atom. The summed E-state index contributed by atoms with van der Waals surface area (Å²) in [5.74, 6) is -0.555. The zero-order valence-corrected chi connectivity index (χ0v) is 12.0. The third kappa shape index (κ3) is 1.65. The van der Waals surface area contributed by atoms with E-state index in [2.05, 4.69) is 20.6 Å². The second-order valence-electron chi connectivity index (χ2n) is 5.38. The number of hydrogen-bond donors (Lipinski definition) is 3. The molecule has 5 N–H and O–H groups in total. The topological polar surface area (TPSA) is 138 Å². The quantitative estimate of drug-likeness (QED) is 0.553. The molecule has 0 radical (unpaired) electrons. The first kappa shape index (κ1) is 13.5. The van der Waals surface area contributed by atoms with Crippen LogP contribution in [0, 0.1) is 5.82 Å². The molecule has 0 bridgehead atoms. The molecule has 9 nitrogen and oxygen atoms in total. The van der Waals surface area contributed by atoms with Gasteiger partial charge in [0.05, 0.1) is 28.2 Å². The van der Waals surface area contributed by atoms with Crippen molar-refractivity contribution in [1.29, 1.82) is 0 Å². The second kappa shape index (κ2) is 4.41. The maximum Gasteiger partial charge on any atom is 0.202 e. The highest BCUT2D eigenvalue weighted by atomic mass is 19.1. The van der Waals surface area contributed by atoms with E-state index in [0.29, 0.717) is 5.52 Å². The van der Waals surface area contributed by atoms with Crippen LogP contribution in [0.3, 0.4) is 0 Å². The van der Waals surface area contributed by atoms with Crippen molar-refractivity contribution >= 4 is 22.3 Å². The SMILES string of the molecule is C[C@H]1COc2c(N)c(F)c(N)c3c(=O)c(-c4nnn[nH]4)cn1c23. The number of aromatic amines is 1. The molecule has 2 aromatic heterocycles. The van der Waals surface area contributed by atoms with E-state index in [9.17, 15) is 9.18 Å². The van der Waals surface area contributed by atoms with Crippen LogP contribution in [0.4, 0.5) is 15.8 Å². The van der Waals surface area contributed by atoms with Crippen molar-refractivity contribution in [1.82, 2.24) is 25.2 Å². The summed E-state index contributed by atoms with van der Waals surface area (Å²) in [5, 5.41) is 13.2. The number of pyridine rings is 1. The van der Waals surface area contributed by atoms with Crippen LogP contribution in [-0.2, 0) is 0 Å². The van der Waals surface area contributed by atoms with E-state index in [1.165, 1.54) is 0 Å². The Balaban J connectivity index is 2.25. The minimum absolute atomic E-state index is 0.00662. The highest BCUT2D eigenvalue weighted by Gasteiger charge is 2.29. The number of rotatable bonds is 1. The van der Waals surface area contributed by atoms with Gasteiger partial charge >= 0.3 is 0 Å². The fraction of sp³-hybridized carbons (Fsp3) is 0.231. The lowest BCUT2D eigenvalue weighted by Crippen LogP contribution is -2.26. The third-order valence-corrected chi connectivity index (χ3v) is 3.98. The average molecular weight is 317 g/mol. The van der Waals surface area contributed by atoms with Crippen molar-refractivity contribution in [3.8, 4) is 17.1 Å². The van der Waals surface area contributed by atoms with E-state index in [-0.39, 0.29) is 46.5 Å². The Labute approximate surface area is 128 Å². The molecule has 3 aromatic rings. The largest absolute Gasteiger partial charge is 0.487 e. The number of nitrogens with two attached hydrogens (primary N) is 2. The van der Waals surface area contributed by atoms with Gasteiger partial charge in [-0.2, -0.15) is 0 Å². The normalized spacial score (nSPS) is 16.5. The van der Waals surface area contributed by atoms with E-state index in [4.69, 9.17) is 16.2 Å². The van der Waals surface area contributed by atoms with Crippen LogP contribution < -0.4 is 21.6 Å². The molecule has 0 saturated carbocycles. The molecule has 0 spiro atoms. The summed E-state index contributed by atoms with van der Waals surface area (Å²) < 4.78 is 21.6. The molecule has 10 heteroatoms.